The van der Waals surface area contributed by atoms with E-state index in [2.05, 4.69) is 15.5 Å². The standard InChI is InChI=1S/C17H18N4O4S2/c1-3-21-16(14-5-4-10-25-14)19-20-17(21)26-11-15(22)18-12-6-8-13(9-7-12)27(2,23)24/h4-10H,3,11H2,1-2H3,(H,18,22). The van der Waals surface area contributed by atoms with Crippen molar-refractivity contribution in [1.29, 1.82) is 0 Å². The number of rotatable bonds is 7. The highest BCUT2D eigenvalue weighted by atomic mass is 32.2. The molecule has 142 valence electrons. The molecule has 3 aromatic rings. The van der Waals surface area contributed by atoms with Crippen molar-refractivity contribution in [1.82, 2.24) is 14.8 Å². The average molecular weight is 406 g/mol. The van der Waals surface area contributed by atoms with E-state index >= 15 is 0 Å². The van der Waals surface area contributed by atoms with Crippen molar-refractivity contribution < 1.29 is 17.6 Å². The van der Waals surface area contributed by atoms with Crippen LogP contribution < -0.4 is 5.32 Å². The third kappa shape index (κ3) is 4.58. The summed E-state index contributed by atoms with van der Waals surface area (Å²) in [5.74, 6) is 1.15. The second kappa shape index (κ2) is 7.97. The third-order valence-corrected chi connectivity index (χ3v) is 5.77. The van der Waals surface area contributed by atoms with Crippen molar-refractivity contribution >= 4 is 33.2 Å². The fraction of sp³-hybridized carbons (Fsp3) is 0.235. The molecule has 0 aliphatic carbocycles. The number of carbonyl (C=O) groups excluding carboxylic acids is 1. The highest BCUT2D eigenvalue weighted by Crippen LogP contribution is 2.24. The molecule has 0 radical (unpaired) electrons. The number of amides is 1. The molecule has 0 unspecified atom stereocenters. The summed E-state index contributed by atoms with van der Waals surface area (Å²) in [6.07, 6.45) is 2.71. The number of anilines is 1. The summed E-state index contributed by atoms with van der Waals surface area (Å²) >= 11 is 1.26. The van der Waals surface area contributed by atoms with Gasteiger partial charge in [0, 0.05) is 18.5 Å². The van der Waals surface area contributed by atoms with E-state index in [9.17, 15) is 13.2 Å². The molecule has 27 heavy (non-hydrogen) atoms. The van der Waals surface area contributed by atoms with Crippen LogP contribution in [0.15, 0.2) is 57.1 Å². The van der Waals surface area contributed by atoms with Gasteiger partial charge in [-0.15, -0.1) is 10.2 Å². The number of sulfone groups is 1. The van der Waals surface area contributed by atoms with Crippen molar-refractivity contribution in [2.24, 2.45) is 0 Å². The highest BCUT2D eigenvalue weighted by Gasteiger charge is 2.16. The van der Waals surface area contributed by atoms with Crippen LogP contribution in [0.3, 0.4) is 0 Å². The van der Waals surface area contributed by atoms with Gasteiger partial charge in [-0.2, -0.15) is 0 Å². The third-order valence-electron chi connectivity index (χ3n) is 3.67. The maximum Gasteiger partial charge on any atom is 0.234 e. The molecule has 0 aliphatic heterocycles. The van der Waals surface area contributed by atoms with Gasteiger partial charge in [0.2, 0.25) is 5.91 Å². The molecule has 0 spiro atoms. The molecule has 0 saturated carbocycles. The van der Waals surface area contributed by atoms with E-state index in [1.165, 1.54) is 23.9 Å². The Morgan fingerprint density at radius 2 is 1.96 bits per heavy atom. The molecular weight excluding hydrogens is 388 g/mol. The van der Waals surface area contributed by atoms with E-state index in [1.807, 2.05) is 11.5 Å². The number of nitrogens with zero attached hydrogens (tertiary/aromatic N) is 3. The topological polar surface area (TPSA) is 107 Å². The van der Waals surface area contributed by atoms with Gasteiger partial charge in [-0.25, -0.2) is 8.42 Å². The Labute approximate surface area is 160 Å². The Hall–Kier alpha value is -2.59. The second-order valence-electron chi connectivity index (χ2n) is 5.66. The first-order valence-corrected chi connectivity index (χ1v) is 11.0. The molecule has 10 heteroatoms. The number of furan rings is 1. The summed E-state index contributed by atoms with van der Waals surface area (Å²) in [6.45, 7) is 2.60. The van der Waals surface area contributed by atoms with Gasteiger partial charge < -0.3 is 9.73 Å². The SMILES string of the molecule is CCn1c(SCC(=O)Nc2ccc(S(C)(=O)=O)cc2)nnc1-c1ccco1. The normalized spacial score (nSPS) is 11.5. The van der Waals surface area contributed by atoms with Gasteiger partial charge >= 0.3 is 0 Å². The van der Waals surface area contributed by atoms with Crippen LogP contribution in [0.4, 0.5) is 5.69 Å². The average Bonchev–Trinajstić information content (AvgIpc) is 3.28. The Morgan fingerprint density at radius 1 is 1.22 bits per heavy atom. The van der Waals surface area contributed by atoms with Gasteiger partial charge in [-0.05, 0) is 43.3 Å². The zero-order valence-electron chi connectivity index (χ0n) is 14.7. The Morgan fingerprint density at radius 3 is 2.56 bits per heavy atom. The zero-order chi connectivity index (χ0) is 19.4. The number of thioether (sulfide) groups is 1. The maximum atomic E-state index is 12.2. The molecule has 8 nitrogen and oxygen atoms in total. The van der Waals surface area contributed by atoms with Gasteiger partial charge in [-0.3, -0.25) is 9.36 Å². The van der Waals surface area contributed by atoms with Crippen molar-refractivity contribution in [3.63, 3.8) is 0 Å². The fourth-order valence-electron chi connectivity index (χ4n) is 2.38. The van der Waals surface area contributed by atoms with Crippen LogP contribution >= 0.6 is 11.8 Å². The molecule has 0 saturated heterocycles. The van der Waals surface area contributed by atoms with E-state index in [0.29, 0.717) is 29.0 Å². The minimum absolute atomic E-state index is 0.143. The Kier molecular flexibility index (Phi) is 5.66. The lowest BCUT2D eigenvalue weighted by atomic mass is 10.3. The molecule has 0 bridgehead atoms. The minimum atomic E-state index is -3.26. The van der Waals surface area contributed by atoms with Crippen molar-refractivity contribution in [3.8, 4) is 11.6 Å². The van der Waals surface area contributed by atoms with Crippen molar-refractivity contribution in [3.05, 3.63) is 42.7 Å². The first-order chi connectivity index (χ1) is 12.9. The van der Waals surface area contributed by atoms with Crippen LogP contribution in [0.25, 0.3) is 11.6 Å². The molecule has 0 atom stereocenters. The summed E-state index contributed by atoms with van der Waals surface area (Å²) in [6, 6.07) is 9.62. The minimum Gasteiger partial charge on any atom is -0.461 e. The zero-order valence-corrected chi connectivity index (χ0v) is 16.4. The molecular formula is C17H18N4O4S2. The van der Waals surface area contributed by atoms with Gasteiger partial charge in [0.25, 0.3) is 0 Å². The lowest BCUT2D eigenvalue weighted by Gasteiger charge is -2.07. The lowest BCUT2D eigenvalue weighted by molar-refractivity contribution is -0.113. The predicted molar refractivity (Wildman–Crippen MR) is 102 cm³/mol. The number of hydrogen-bond acceptors (Lipinski definition) is 7. The van der Waals surface area contributed by atoms with Gasteiger partial charge in [0.1, 0.15) is 0 Å². The van der Waals surface area contributed by atoms with Gasteiger partial charge in [0.15, 0.2) is 26.6 Å². The number of carbonyl (C=O) groups is 1. The molecule has 1 amide bonds. The predicted octanol–water partition coefficient (Wildman–Crippen LogP) is 2.69. The lowest BCUT2D eigenvalue weighted by Crippen LogP contribution is -2.14. The quantitative estimate of drug-likeness (QED) is 0.601. The summed E-state index contributed by atoms with van der Waals surface area (Å²) in [7, 11) is -3.26. The molecule has 3 rings (SSSR count). The smallest absolute Gasteiger partial charge is 0.234 e. The van der Waals surface area contributed by atoms with Crippen LogP contribution in [-0.2, 0) is 21.2 Å². The Balaban J connectivity index is 1.63. The molecule has 0 aliphatic rings. The molecule has 1 N–H and O–H groups in total. The summed E-state index contributed by atoms with van der Waals surface area (Å²) in [5.41, 5.74) is 0.529. The fourth-order valence-corrected chi connectivity index (χ4v) is 3.81. The van der Waals surface area contributed by atoms with Crippen molar-refractivity contribution in [2.75, 3.05) is 17.3 Å². The van der Waals surface area contributed by atoms with Crippen LogP contribution in [0.5, 0.6) is 0 Å². The van der Waals surface area contributed by atoms with Gasteiger partial charge in [0.05, 0.1) is 16.9 Å². The van der Waals surface area contributed by atoms with Crippen LogP contribution in [0, 0.1) is 0 Å². The number of hydrogen-bond donors (Lipinski definition) is 1. The van der Waals surface area contributed by atoms with E-state index in [4.69, 9.17) is 4.42 Å². The number of aromatic nitrogens is 3. The van der Waals surface area contributed by atoms with E-state index < -0.39 is 9.84 Å². The summed E-state index contributed by atoms with van der Waals surface area (Å²) in [4.78, 5) is 12.4. The number of benzene rings is 1. The van der Waals surface area contributed by atoms with Gasteiger partial charge in [-0.1, -0.05) is 11.8 Å². The van der Waals surface area contributed by atoms with Crippen LogP contribution in [-0.4, -0.2) is 41.1 Å². The first kappa shape index (κ1) is 19.2. The maximum absolute atomic E-state index is 12.2. The van der Waals surface area contributed by atoms with Crippen molar-refractivity contribution in [2.45, 2.75) is 23.5 Å². The summed E-state index contributed by atoms with van der Waals surface area (Å²) in [5, 5.41) is 11.6. The van der Waals surface area contributed by atoms with E-state index in [0.717, 1.165) is 6.26 Å². The van der Waals surface area contributed by atoms with Crippen LogP contribution in [0.1, 0.15) is 6.92 Å². The molecule has 2 aromatic heterocycles. The van der Waals surface area contributed by atoms with E-state index in [-0.39, 0.29) is 16.6 Å². The summed E-state index contributed by atoms with van der Waals surface area (Å²) < 4.78 is 30.2. The second-order valence-corrected chi connectivity index (χ2v) is 8.62. The molecule has 1 aromatic carbocycles. The Bertz CT molecular complexity index is 1030. The number of nitrogens with one attached hydrogen (secondary N) is 1. The monoisotopic (exact) mass is 406 g/mol. The largest absolute Gasteiger partial charge is 0.461 e. The first-order valence-electron chi connectivity index (χ1n) is 8.08. The van der Waals surface area contributed by atoms with E-state index in [1.54, 1.807) is 30.5 Å². The van der Waals surface area contributed by atoms with Crippen LogP contribution in [0.2, 0.25) is 0 Å². The highest BCUT2D eigenvalue weighted by molar-refractivity contribution is 7.99. The molecule has 2 heterocycles. The molecule has 0 fully saturated rings.